The van der Waals surface area contributed by atoms with E-state index in [0.717, 1.165) is 17.0 Å². The van der Waals surface area contributed by atoms with Gasteiger partial charge < -0.3 is 10.6 Å². The van der Waals surface area contributed by atoms with Crippen LogP contribution in [0, 0.1) is 0 Å². The van der Waals surface area contributed by atoms with Crippen LogP contribution in [0.5, 0.6) is 0 Å². The molecule has 5 heteroatoms. The molecular weight excluding hydrogens is 393 g/mol. The Morgan fingerprint density at radius 2 is 2.12 bits per heavy atom. The molecule has 0 fully saturated rings. The van der Waals surface area contributed by atoms with Gasteiger partial charge in [-0.25, -0.2) is 0 Å². The highest BCUT2D eigenvalue weighted by Gasteiger charge is 2.00. The maximum atomic E-state index is 4.15. The summed E-state index contributed by atoms with van der Waals surface area (Å²) in [6.45, 7) is 4.95. The van der Waals surface area contributed by atoms with Gasteiger partial charge in [-0.15, -0.1) is 24.0 Å². The minimum absolute atomic E-state index is 0. The first-order valence-electron chi connectivity index (χ1n) is 5.33. The number of nitrogens with one attached hydrogen (secondary N) is 2. The molecular formula is C12H19BrIN3. The summed E-state index contributed by atoms with van der Waals surface area (Å²) in [7, 11) is 1.78. The fourth-order valence-electron chi connectivity index (χ4n) is 1.30. The van der Waals surface area contributed by atoms with Crippen molar-refractivity contribution in [2.45, 2.75) is 26.4 Å². The molecule has 0 aromatic heterocycles. The van der Waals surface area contributed by atoms with Crippen LogP contribution in [-0.4, -0.2) is 19.0 Å². The van der Waals surface area contributed by atoms with Crippen molar-refractivity contribution in [3.8, 4) is 0 Å². The van der Waals surface area contributed by atoms with E-state index < -0.39 is 0 Å². The van der Waals surface area contributed by atoms with E-state index in [1.165, 1.54) is 5.56 Å². The van der Waals surface area contributed by atoms with Gasteiger partial charge in [0.15, 0.2) is 5.96 Å². The summed E-state index contributed by atoms with van der Waals surface area (Å²) in [6.07, 6.45) is 0. The predicted octanol–water partition coefficient (Wildman–Crippen LogP) is 3.14. The molecule has 1 aromatic rings. The van der Waals surface area contributed by atoms with E-state index >= 15 is 0 Å². The smallest absolute Gasteiger partial charge is 0.191 e. The molecule has 0 unspecified atom stereocenters. The van der Waals surface area contributed by atoms with Crippen LogP contribution in [0.3, 0.4) is 0 Å². The second-order valence-electron chi connectivity index (χ2n) is 3.85. The van der Waals surface area contributed by atoms with E-state index in [9.17, 15) is 0 Å². The molecule has 0 saturated carbocycles. The molecule has 0 spiro atoms. The quantitative estimate of drug-likeness (QED) is 0.455. The summed E-state index contributed by atoms with van der Waals surface area (Å²) < 4.78 is 1.10. The van der Waals surface area contributed by atoms with Gasteiger partial charge in [0, 0.05) is 24.1 Å². The highest BCUT2D eigenvalue weighted by molar-refractivity contribution is 14.0. The van der Waals surface area contributed by atoms with Crippen LogP contribution in [0.15, 0.2) is 33.7 Å². The Morgan fingerprint density at radius 1 is 1.41 bits per heavy atom. The number of benzene rings is 1. The van der Waals surface area contributed by atoms with Crippen LogP contribution < -0.4 is 10.6 Å². The molecule has 1 aromatic carbocycles. The molecule has 17 heavy (non-hydrogen) atoms. The van der Waals surface area contributed by atoms with Crippen LogP contribution in [0.4, 0.5) is 0 Å². The molecule has 96 valence electrons. The zero-order chi connectivity index (χ0) is 12.0. The van der Waals surface area contributed by atoms with Crippen LogP contribution >= 0.6 is 39.9 Å². The number of nitrogens with zero attached hydrogens (tertiary/aromatic N) is 1. The fraction of sp³-hybridized carbons (Fsp3) is 0.417. The maximum Gasteiger partial charge on any atom is 0.191 e. The van der Waals surface area contributed by atoms with Crippen molar-refractivity contribution in [2.75, 3.05) is 7.05 Å². The van der Waals surface area contributed by atoms with Gasteiger partial charge in [-0.1, -0.05) is 28.1 Å². The van der Waals surface area contributed by atoms with Crippen molar-refractivity contribution >= 4 is 45.9 Å². The molecule has 0 aliphatic rings. The van der Waals surface area contributed by atoms with Crippen LogP contribution in [0.2, 0.25) is 0 Å². The molecule has 0 radical (unpaired) electrons. The Balaban J connectivity index is 0.00000256. The molecule has 0 atom stereocenters. The standard InChI is InChI=1S/C12H18BrN3.HI/c1-9(2)16-12(14-3)15-8-10-5-4-6-11(13)7-10;/h4-7,9H,8H2,1-3H3,(H2,14,15,16);1H. The Labute approximate surface area is 129 Å². The third-order valence-electron chi connectivity index (χ3n) is 2.00. The Morgan fingerprint density at radius 3 is 2.65 bits per heavy atom. The molecule has 0 saturated heterocycles. The van der Waals surface area contributed by atoms with Gasteiger partial charge in [-0.3, -0.25) is 4.99 Å². The van der Waals surface area contributed by atoms with E-state index in [2.05, 4.69) is 57.5 Å². The van der Waals surface area contributed by atoms with Crippen LogP contribution in [0.25, 0.3) is 0 Å². The lowest BCUT2D eigenvalue weighted by atomic mass is 10.2. The first-order valence-corrected chi connectivity index (χ1v) is 6.12. The third-order valence-corrected chi connectivity index (χ3v) is 2.49. The Bertz CT molecular complexity index is 367. The van der Waals surface area contributed by atoms with E-state index in [-0.39, 0.29) is 24.0 Å². The summed E-state index contributed by atoms with van der Waals surface area (Å²) >= 11 is 3.45. The monoisotopic (exact) mass is 411 g/mol. The van der Waals surface area contributed by atoms with Gasteiger partial charge in [-0.2, -0.15) is 0 Å². The van der Waals surface area contributed by atoms with E-state index in [4.69, 9.17) is 0 Å². The Hall–Kier alpha value is -0.300. The van der Waals surface area contributed by atoms with Gasteiger partial charge in [0.25, 0.3) is 0 Å². The van der Waals surface area contributed by atoms with Gasteiger partial charge in [0.1, 0.15) is 0 Å². The molecule has 0 amide bonds. The minimum Gasteiger partial charge on any atom is -0.354 e. The summed E-state index contributed by atoms with van der Waals surface area (Å²) in [4.78, 5) is 4.15. The molecule has 1 rings (SSSR count). The van der Waals surface area contributed by atoms with E-state index in [0.29, 0.717) is 6.04 Å². The van der Waals surface area contributed by atoms with E-state index in [1.54, 1.807) is 7.05 Å². The van der Waals surface area contributed by atoms with Crippen LogP contribution in [-0.2, 0) is 6.54 Å². The minimum atomic E-state index is 0. The summed E-state index contributed by atoms with van der Waals surface area (Å²) in [5, 5.41) is 6.50. The highest BCUT2D eigenvalue weighted by atomic mass is 127. The lowest BCUT2D eigenvalue weighted by Gasteiger charge is -2.14. The maximum absolute atomic E-state index is 4.15. The molecule has 0 heterocycles. The number of rotatable bonds is 3. The lowest BCUT2D eigenvalue weighted by molar-refractivity contribution is 0.699. The predicted molar refractivity (Wildman–Crippen MR) is 88.0 cm³/mol. The molecule has 2 N–H and O–H groups in total. The fourth-order valence-corrected chi connectivity index (χ4v) is 1.75. The lowest BCUT2D eigenvalue weighted by Crippen LogP contribution is -2.40. The molecule has 0 bridgehead atoms. The van der Waals surface area contributed by atoms with Gasteiger partial charge in [-0.05, 0) is 31.5 Å². The number of aliphatic imine (C=N–C) groups is 1. The third kappa shape index (κ3) is 6.88. The second kappa shape index (κ2) is 8.74. The zero-order valence-electron chi connectivity index (χ0n) is 10.3. The average Bonchev–Trinajstić information content (AvgIpc) is 2.24. The topological polar surface area (TPSA) is 36.4 Å². The van der Waals surface area contributed by atoms with Crippen molar-refractivity contribution in [1.29, 1.82) is 0 Å². The number of hydrogen-bond acceptors (Lipinski definition) is 1. The normalized spacial score (nSPS) is 11.0. The molecule has 3 nitrogen and oxygen atoms in total. The number of guanidine groups is 1. The van der Waals surface area contributed by atoms with Gasteiger partial charge in [0.2, 0.25) is 0 Å². The van der Waals surface area contributed by atoms with E-state index in [1.807, 2.05) is 12.1 Å². The summed E-state index contributed by atoms with van der Waals surface area (Å²) in [5.41, 5.74) is 1.22. The summed E-state index contributed by atoms with van der Waals surface area (Å²) in [5.74, 6) is 0.829. The average molecular weight is 412 g/mol. The van der Waals surface area contributed by atoms with Crippen molar-refractivity contribution in [3.05, 3.63) is 34.3 Å². The van der Waals surface area contributed by atoms with Gasteiger partial charge >= 0.3 is 0 Å². The SMILES string of the molecule is CN=C(NCc1cccc(Br)c1)NC(C)C.I. The molecule has 0 aliphatic carbocycles. The van der Waals surface area contributed by atoms with Crippen molar-refractivity contribution in [1.82, 2.24) is 10.6 Å². The van der Waals surface area contributed by atoms with Gasteiger partial charge in [0.05, 0.1) is 0 Å². The highest BCUT2D eigenvalue weighted by Crippen LogP contribution is 2.11. The summed E-state index contributed by atoms with van der Waals surface area (Å²) in [6, 6.07) is 8.61. The zero-order valence-corrected chi connectivity index (χ0v) is 14.2. The second-order valence-corrected chi connectivity index (χ2v) is 4.77. The Kier molecular flexibility index (Phi) is 8.59. The molecule has 0 aliphatic heterocycles. The first-order chi connectivity index (χ1) is 7.61. The van der Waals surface area contributed by atoms with Crippen molar-refractivity contribution in [3.63, 3.8) is 0 Å². The number of hydrogen-bond donors (Lipinski definition) is 2. The van der Waals surface area contributed by atoms with Crippen molar-refractivity contribution in [2.24, 2.45) is 4.99 Å². The largest absolute Gasteiger partial charge is 0.354 e. The first kappa shape index (κ1) is 16.7. The number of halogens is 2. The van der Waals surface area contributed by atoms with Crippen LogP contribution in [0.1, 0.15) is 19.4 Å². The van der Waals surface area contributed by atoms with Crippen molar-refractivity contribution < 1.29 is 0 Å².